The van der Waals surface area contributed by atoms with Crippen molar-refractivity contribution < 1.29 is 0 Å². The van der Waals surface area contributed by atoms with E-state index in [-0.39, 0.29) is 0 Å². The molecule has 0 amide bonds. The summed E-state index contributed by atoms with van der Waals surface area (Å²) < 4.78 is 0. The molecule has 3 heteroatoms. The van der Waals surface area contributed by atoms with Crippen LogP contribution in [0.15, 0.2) is 48.9 Å². The van der Waals surface area contributed by atoms with Crippen LogP contribution in [0.25, 0.3) is 0 Å². The van der Waals surface area contributed by atoms with Crippen LogP contribution in [0.2, 0.25) is 0 Å². The molecule has 1 heterocycles. The van der Waals surface area contributed by atoms with Gasteiger partial charge in [-0.3, -0.25) is 9.97 Å². The van der Waals surface area contributed by atoms with Gasteiger partial charge in [0.2, 0.25) is 0 Å². The number of benzene rings is 1. The highest BCUT2D eigenvalue weighted by Crippen LogP contribution is 2.04. The Labute approximate surface area is 88.3 Å². The first-order valence-corrected chi connectivity index (χ1v) is 4.74. The zero-order valence-electron chi connectivity index (χ0n) is 8.22. The number of nitrogens with one attached hydrogen (secondary N) is 1. The van der Waals surface area contributed by atoms with Crippen LogP contribution in [0.4, 0.5) is 0 Å². The Balaban J connectivity index is 2.12. The van der Waals surface area contributed by atoms with Crippen LogP contribution >= 0.6 is 0 Å². The lowest BCUT2D eigenvalue weighted by molar-refractivity contribution is 1.07. The Morgan fingerprint density at radius 2 is 1.93 bits per heavy atom. The van der Waals surface area contributed by atoms with Crippen molar-refractivity contribution in [3.05, 3.63) is 60.2 Å². The zero-order chi connectivity index (χ0) is 10.5. The second kappa shape index (κ2) is 4.46. The maximum Gasteiger partial charge on any atom is 0.0646 e. The van der Waals surface area contributed by atoms with E-state index in [1.807, 2.05) is 30.3 Å². The van der Waals surface area contributed by atoms with Crippen LogP contribution in [0, 0.1) is 5.41 Å². The normalized spacial score (nSPS) is 9.87. The Bertz CT molecular complexity index is 437. The highest BCUT2D eigenvalue weighted by molar-refractivity contribution is 5.99. The molecule has 0 saturated carbocycles. The van der Waals surface area contributed by atoms with E-state index in [0.717, 1.165) is 11.3 Å². The summed E-state index contributed by atoms with van der Waals surface area (Å²) >= 11 is 0. The minimum absolute atomic E-state index is 0.526. The third-order valence-electron chi connectivity index (χ3n) is 2.10. The van der Waals surface area contributed by atoms with Crippen LogP contribution in [0.1, 0.15) is 11.3 Å². The van der Waals surface area contributed by atoms with Gasteiger partial charge in [0.15, 0.2) is 0 Å². The molecule has 0 spiro atoms. The number of rotatable bonds is 3. The minimum Gasteiger partial charge on any atom is -0.304 e. The summed E-state index contributed by atoms with van der Waals surface area (Å²) in [4.78, 5) is 8.11. The fraction of sp³-hybridized carbons (Fsp3) is 0.0833. The average Bonchev–Trinajstić information content (AvgIpc) is 2.31. The van der Waals surface area contributed by atoms with Gasteiger partial charge in [-0.2, -0.15) is 0 Å². The van der Waals surface area contributed by atoms with E-state index in [4.69, 9.17) is 5.41 Å². The van der Waals surface area contributed by atoms with E-state index in [1.165, 1.54) is 0 Å². The van der Waals surface area contributed by atoms with Crippen molar-refractivity contribution in [3.8, 4) is 0 Å². The molecule has 3 nitrogen and oxygen atoms in total. The summed E-state index contributed by atoms with van der Waals surface area (Å²) in [5.74, 6) is 0. The number of hydrogen-bond acceptors (Lipinski definition) is 3. The standard InChI is InChI=1S/C12H11N3/c13-12(10-4-2-1-3-5-10)8-11-9-14-6-7-15-11/h1-7,9,13H,8H2. The Hall–Kier alpha value is -2.03. The average molecular weight is 197 g/mol. The summed E-state index contributed by atoms with van der Waals surface area (Å²) in [6.07, 6.45) is 5.50. The molecule has 1 aromatic carbocycles. The second-order valence-electron chi connectivity index (χ2n) is 3.22. The van der Waals surface area contributed by atoms with Crippen LogP contribution in [0.3, 0.4) is 0 Å². The summed E-state index contributed by atoms with van der Waals surface area (Å²) in [5.41, 5.74) is 2.32. The number of aromatic nitrogens is 2. The van der Waals surface area contributed by atoms with Crippen molar-refractivity contribution in [3.63, 3.8) is 0 Å². The van der Waals surface area contributed by atoms with Gasteiger partial charge in [0.05, 0.1) is 5.69 Å². The van der Waals surface area contributed by atoms with E-state index >= 15 is 0 Å². The van der Waals surface area contributed by atoms with Crippen molar-refractivity contribution >= 4 is 5.71 Å². The molecule has 0 aliphatic heterocycles. The highest BCUT2D eigenvalue weighted by Gasteiger charge is 2.02. The van der Waals surface area contributed by atoms with E-state index in [2.05, 4.69) is 9.97 Å². The molecule has 0 atom stereocenters. The summed E-state index contributed by atoms with van der Waals surface area (Å²) in [6, 6.07) is 9.66. The van der Waals surface area contributed by atoms with Crippen molar-refractivity contribution in [2.45, 2.75) is 6.42 Å². The lowest BCUT2D eigenvalue weighted by Crippen LogP contribution is -2.04. The van der Waals surface area contributed by atoms with Gasteiger partial charge in [-0.1, -0.05) is 30.3 Å². The first-order chi connectivity index (χ1) is 7.36. The second-order valence-corrected chi connectivity index (χ2v) is 3.22. The van der Waals surface area contributed by atoms with Crippen LogP contribution in [0.5, 0.6) is 0 Å². The van der Waals surface area contributed by atoms with Gasteiger partial charge in [0.1, 0.15) is 0 Å². The summed E-state index contributed by atoms with van der Waals surface area (Å²) in [6.45, 7) is 0. The predicted molar refractivity (Wildman–Crippen MR) is 59.0 cm³/mol. The molecule has 1 aromatic heterocycles. The molecule has 15 heavy (non-hydrogen) atoms. The molecule has 0 fully saturated rings. The fourth-order valence-corrected chi connectivity index (χ4v) is 1.34. The Morgan fingerprint density at radius 1 is 1.13 bits per heavy atom. The number of nitrogens with zero attached hydrogens (tertiary/aromatic N) is 2. The predicted octanol–water partition coefficient (Wildman–Crippen LogP) is 2.09. The van der Waals surface area contributed by atoms with Gasteiger partial charge < -0.3 is 5.41 Å². The largest absolute Gasteiger partial charge is 0.304 e. The fourth-order valence-electron chi connectivity index (χ4n) is 1.34. The summed E-state index contributed by atoms with van der Waals surface area (Å²) in [7, 11) is 0. The molecule has 74 valence electrons. The van der Waals surface area contributed by atoms with Gasteiger partial charge in [-0.05, 0) is 5.56 Å². The molecule has 2 rings (SSSR count). The lowest BCUT2D eigenvalue weighted by Gasteiger charge is -2.02. The monoisotopic (exact) mass is 197 g/mol. The van der Waals surface area contributed by atoms with Crippen molar-refractivity contribution in [2.75, 3.05) is 0 Å². The Kier molecular flexibility index (Phi) is 2.83. The van der Waals surface area contributed by atoms with Crippen molar-refractivity contribution in [1.82, 2.24) is 9.97 Å². The van der Waals surface area contributed by atoms with Gasteiger partial charge in [-0.15, -0.1) is 0 Å². The topological polar surface area (TPSA) is 49.6 Å². The first kappa shape index (κ1) is 9.52. The molecular formula is C12H11N3. The SMILES string of the molecule is N=C(Cc1cnccn1)c1ccccc1. The smallest absolute Gasteiger partial charge is 0.0646 e. The van der Waals surface area contributed by atoms with Crippen molar-refractivity contribution in [2.24, 2.45) is 0 Å². The quantitative estimate of drug-likeness (QED) is 0.766. The van der Waals surface area contributed by atoms with Crippen LogP contribution in [-0.4, -0.2) is 15.7 Å². The van der Waals surface area contributed by atoms with E-state index in [1.54, 1.807) is 18.6 Å². The molecule has 0 saturated heterocycles. The third kappa shape index (κ3) is 2.47. The maximum absolute atomic E-state index is 7.90. The Morgan fingerprint density at radius 3 is 2.60 bits per heavy atom. The molecule has 0 aliphatic carbocycles. The third-order valence-corrected chi connectivity index (χ3v) is 2.10. The van der Waals surface area contributed by atoms with Crippen molar-refractivity contribution in [1.29, 1.82) is 5.41 Å². The first-order valence-electron chi connectivity index (χ1n) is 4.74. The van der Waals surface area contributed by atoms with E-state index in [9.17, 15) is 0 Å². The molecule has 1 N–H and O–H groups in total. The summed E-state index contributed by atoms with van der Waals surface area (Å²) in [5, 5.41) is 7.90. The minimum atomic E-state index is 0.526. The number of hydrogen-bond donors (Lipinski definition) is 1. The zero-order valence-corrected chi connectivity index (χ0v) is 8.22. The molecule has 2 aromatic rings. The van der Waals surface area contributed by atoms with Gasteiger partial charge in [-0.25, -0.2) is 0 Å². The van der Waals surface area contributed by atoms with Crippen LogP contribution < -0.4 is 0 Å². The van der Waals surface area contributed by atoms with Gasteiger partial charge in [0.25, 0.3) is 0 Å². The molecule has 0 unspecified atom stereocenters. The van der Waals surface area contributed by atoms with E-state index in [0.29, 0.717) is 12.1 Å². The van der Waals surface area contributed by atoms with Crippen LogP contribution in [-0.2, 0) is 6.42 Å². The molecule has 0 aliphatic rings. The molecule has 0 radical (unpaired) electrons. The lowest BCUT2D eigenvalue weighted by atomic mass is 10.1. The van der Waals surface area contributed by atoms with Gasteiger partial charge in [0, 0.05) is 30.7 Å². The highest BCUT2D eigenvalue weighted by atomic mass is 14.8. The molecular weight excluding hydrogens is 186 g/mol. The molecule has 0 bridgehead atoms. The maximum atomic E-state index is 7.90. The van der Waals surface area contributed by atoms with E-state index < -0.39 is 0 Å². The van der Waals surface area contributed by atoms with Gasteiger partial charge >= 0.3 is 0 Å².